The monoisotopic (exact) mass is 306 g/mol. The Morgan fingerprint density at radius 1 is 1.31 bits per heavy atom. The molecule has 0 aliphatic rings. The molecule has 0 saturated heterocycles. The van der Waals surface area contributed by atoms with Gasteiger partial charge in [-0.2, -0.15) is 0 Å². The number of carbonyl (C=O) groups excluding carboxylic acids is 1. The van der Waals surface area contributed by atoms with Crippen LogP contribution >= 0.6 is 15.9 Å². The van der Waals surface area contributed by atoms with Crippen LogP contribution in [-0.4, -0.2) is 19.2 Å². The third kappa shape index (κ3) is 3.58. The van der Waals surface area contributed by atoms with Gasteiger partial charge in [0, 0.05) is 0 Å². The summed E-state index contributed by atoms with van der Waals surface area (Å²) in [5.74, 6) is -0.459. The van der Waals surface area contributed by atoms with E-state index < -0.39 is 20.8 Å². The van der Waals surface area contributed by atoms with E-state index in [1.165, 1.54) is 12.1 Å². The molecule has 0 aliphatic heterocycles. The highest BCUT2D eigenvalue weighted by Crippen LogP contribution is 2.06. The van der Waals surface area contributed by atoms with Crippen molar-refractivity contribution in [2.24, 2.45) is 0 Å². The fraction of sp³-hybridized carbons (Fsp3) is 0.222. The Labute approximate surface area is 102 Å². The summed E-state index contributed by atoms with van der Waals surface area (Å²) in [5, 5.41) is 0. The predicted molar refractivity (Wildman–Crippen MR) is 63.3 cm³/mol. The van der Waals surface area contributed by atoms with Crippen molar-refractivity contribution in [2.45, 2.75) is 16.6 Å². The van der Waals surface area contributed by atoms with Crippen LogP contribution in [0.2, 0.25) is 0 Å². The summed E-state index contributed by atoms with van der Waals surface area (Å²) in [4.78, 5) is 12.8. The zero-order chi connectivity index (χ0) is 12.2. The number of carbonyl (C=O) groups is 1. The number of amides is 1. The van der Waals surface area contributed by atoms with E-state index in [1.54, 1.807) is 25.1 Å². The van der Waals surface area contributed by atoms with Gasteiger partial charge in [0.2, 0.25) is 5.91 Å². The maximum absolute atomic E-state index is 11.6. The van der Waals surface area contributed by atoms with Gasteiger partial charge in [-0.05, 0) is 19.1 Å². The van der Waals surface area contributed by atoms with Crippen molar-refractivity contribution in [3.63, 3.8) is 0 Å². The van der Waals surface area contributed by atoms with Crippen molar-refractivity contribution < 1.29 is 13.2 Å². The molecule has 0 radical (unpaired) electrons. The average Bonchev–Trinajstić information content (AvgIpc) is 2.27. The highest BCUT2D eigenvalue weighted by atomic mass is 79.9. The highest BCUT2D eigenvalue weighted by Gasteiger charge is 2.15. The molecule has 16 heavy (non-hydrogen) atoms. The van der Waals surface area contributed by atoms with Crippen LogP contribution < -0.4 is 10.3 Å². The summed E-state index contributed by atoms with van der Waals surface area (Å²) >= 11 is 3.02. The van der Waals surface area contributed by atoms with Gasteiger partial charge in [-0.25, -0.2) is 8.42 Å². The van der Waals surface area contributed by atoms with Crippen molar-refractivity contribution in [1.82, 2.24) is 10.3 Å². The fourth-order valence-electron chi connectivity index (χ4n) is 0.875. The molecule has 1 rings (SSSR count). The zero-order valence-electron chi connectivity index (χ0n) is 8.48. The van der Waals surface area contributed by atoms with Crippen LogP contribution in [0, 0.1) is 0 Å². The van der Waals surface area contributed by atoms with Crippen LogP contribution in [0.25, 0.3) is 0 Å². The number of rotatable bonds is 4. The second kappa shape index (κ2) is 5.42. The number of hydrogen-bond acceptors (Lipinski definition) is 3. The first-order valence-corrected chi connectivity index (χ1v) is 6.84. The van der Waals surface area contributed by atoms with Crippen LogP contribution in [-0.2, 0) is 14.8 Å². The first-order valence-electron chi connectivity index (χ1n) is 4.44. The Morgan fingerprint density at radius 3 is 2.38 bits per heavy atom. The topological polar surface area (TPSA) is 75.3 Å². The minimum Gasteiger partial charge on any atom is -0.277 e. The summed E-state index contributed by atoms with van der Waals surface area (Å²) in [5.41, 5.74) is 2.10. The number of halogens is 1. The second-order valence-electron chi connectivity index (χ2n) is 3.02. The standard InChI is InChI=1S/C9H11BrN2O3S/c1-7(10)9(13)11-12-16(14,15)8-5-3-2-4-6-8/h2-7,12H,1H3,(H,11,13)/t7-/m0/s1. The Bertz CT molecular complexity index is 459. The Balaban J connectivity index is 2.71. The van der Waals surface area contributed by atoms with E-state index in [0.29, 0.717) is 0 Å². The van der Waals surface area contributed by atoms with Gasteiger partial charge in [0.1, 0.15) is 0 Å². The summed E-state index contributed by atoms with van der Waals surface area (Å²) < 4.78 is 23.2. The minimum absolute atomic E-state index is 0.0949. The predicted octanol–water partition coefficient (Wildman–Crippen LogP) is 0.779. The van der Waals surface area contributed by atoms with Crippen LogP contribution in [0.1, 0.15) is 6.92 Å². The first-order chi connectivity index (χ1) is 7.43. The number of hydrazine groups is 1. The van der Waals surface area contributed by atoms with E-state index in [0.717, 1.165) is 0 Å². The smallest absolute Gasteiger partial charge is 0.257 e. The number of hydrogen-bond donors (Lipinski definition) is 2. The summed E-state index contributed by atoms with van der Waals surface area (Å²) in [7, 11) is -3.69. The van der Waals surface area contributed by atoms with Gasteiger partial charge in [-0.1, -0.05) is 34.1 Å². The van der Waals surface area contributed by atoms with Crippen LogP contribution in [0.5, 0.6) is 0 Å². The van der Waals surface area contributed by atoms with Gasteiger partial charge in [0.05, 0.1) is 9.72 Å². The van der Waals surface area contributed by atoms with Gasteiger partial charge in [-0.3, -0.25) is 10.2 Å². The lowest BCUT2D eigenvalue weighted by Crippen LogP contribution is -2.44. The van der Waals surface area contributed by atoms with E-state index in [4.69, 9.17) is 0 Å². The molecule has 0 unspecified atom stereocenters. The fourth-order valence-corrected chi connectivity index (χ4v) is 1.86. The van der Waals surface area contributed by atoms with E-state index in [2.05, 4.69) is 21.4 Å². The van der Waals surface area contributed by atoms with Gasteiger partial charge in [0.25, 0.3) is 10.0 Å². The van der Waals surface area contributed by atoms with Crippen molar-refractivity contribution >= 4 is 31.9 Å². The molecule has 0 spiro atoms. The summed E-state index contributed by atoms with van der Waals surface area (Å²) in [6.07, 6.45) is 0. The largest absolute Gasteiger partial charge is 0.277 e. The van der Waals surface area contributed by atoms with E-state index >= 15 is 0 Å². The van der Waals surface area contributed by atoms with Crippen molar-refractivity contribution in [2.75, 3.05) is 0 Å². The van der Waals surface area contributed by atoms with Gasteiger partial charge >= 0.3 is 0 Å². The number of alkyl halides is 1. The Hall–Kier alpha value is -0.920. The van der Waals surface area contributed by atoms with E-state index in [-0.39, 0.29) is 4.90 Å². The first kappa shape index (κ1) is 13.1. The lowest BCUT2D eigenvalue weighted by Gasteiger charge is -2.09. The summed E-state index contributed by atoms with van der Waals surface area (Å²) in [6.45, 7) is 1.59. The third-order valence-corrected chi connectivity index (χ3v) is 3.40. The lowest BCUT2D eigenvalue weighted by atomic mass is 10.4. The van der Waals surface area contributed by atoms with Crippen molar-refractivity contribution in [1.29, 1.82) is 0 Å². The van der Waals surface area contributed by atoms with E-state index in [1.807, 2.05) is 4.83 Å². The maximum Gasteiger partial charge on any atom is 0.257 e. The van der Waals surface area contributed by atoms with Gasteiger partial charge < -0.3 is 0 Å². The molecule has 0 bridgehead atoms. The molecular formula is C9H11BrN2O3S. The highest BCUT2D eigenvalue weighted by molar-refractivity contribution is 9.10. The number of nitrogens with one attached hydrogen (secondary N) is 2. The molecule has 7 heteroatoms. The third-order valence-electron chi connectivity index (χ3n) is 1.72. The molecule has 0 heterocycles. The van der Waals surface area contributed by atoms with Crippen molar-refractivity contribution in [3.8, 4) is 0 Å². The normalized spacial score (nSPS) is 13.1. The maximum atomic E-state index is 11.6. The van der Waals surface area contributed by atoms with Crippen LogP contribution in [0.3, 0.4) is 0 Å². The molecule has 5 nitrogen and oxygen atoms in total. The van der Waals surface area contributed by atoms with Crippen LogP contribution in [0.15, 0.2) is 35.2 Å². The Kier molecular flexibility index (Phi) is 4.45. The SMILES string of the molecule is C[C@H](Br)C(=O)NNS(=O)(=O)c1ccccc1. The molecule has 1 aromatic carbocycles. The molecule has 2 N–H and O–H groups in total. The minimum atomic E-state index is -3.69. The molecule has 1 atom stereocenters. The molecule has 0 aromatic heterocycles. The summed E-state index contributed by atoms with van der Waals surface area (Å²) in [6, 6.07) is 7.78. The van der Waals surface area contributed by atoms with E-state index in [9.17, 15) is 13.2 Å². The van der Waals surface area contributed by atoms with Gasteiger partial charge in [0.15, 0.2) is 0 Å². The second-order valence-corrected chi connectivity index (χ2v) is 6.08. The molecule has 1 amide bonds. The number of benzene rings is 1. The van der Waals surface area contributed by atoms with Crippen molar-refractivity contribution in [3.05, 3.63) is 30.3 Å². The number of sulfonamides is 1. The molecule has 0 saturated carbocycles. The molecule has 0 aliphatic carbocycles. The van der Waals surface area contributed by atoms with Crippen LogP contribution in [0.4, 0.5) is 0 Å². The molecule has 0 fully saturated rings. The molecular weight excluding hydrogens is 296 g/mol. The molecule has 88 valence electrons. The Morgan fingerprint density at radius 2 is 1.88 bits per heavy atom. The quantitative estimate of drug-likeness (QED) is 0.637. The van der Waals surface area contributed by atoms with Gasteiger partial charge in [-0.15, -0.1) is 4.83 Å². The average molecular weight is 307 g/mol. The lowest BCUT2D eigenvalue weighted by molar-refractivity contribution is -0.120. The zero-order valence-corrected chi connectivity index (χ0v) is 10.9. The molecule has 1 aromatic rings.